The van der Waals surface area contributed by atoms with Crippen LogP contribution in [0.15, 0.2) is 53.2 Å². The number of likely N-dealkylation sites (N-methyl/N-ethyl adjacent to an activating group) is 1. The van der Waals surface area contributed by atoms with Crippen molar-refractivity contribution in [2.24, 2.45) is 5.73 Å². The van der Waals surface area contributed by atoms with E-state index in [2.05, 4.69) is 31.1 Å². The van der Waals surface area contributed by atoms with Crippen molar-refractivity contribution in [3.8, 4) is 40.4 Å². The van der Waals surface area contributed by atoms with E-state index in [9.17, 15) is 5.26 Å². The summed E-state index contributed by atoms with van der Waals surface area (Å²) in [6.07, 6.45) is 3.36. The van der Waals surface area contributed by atoms with Crippen LogP contribution in [0.5, 0.6) is 0 Å². The second-order valence-electron chi connectivity index (χ2n) is 8.53. The van der Waals surface area contributed by atoms with Crippen LogP contribution in [0, 0.1) is 18.3 Å². The summed E-state index contributed by atoms with van der Waals surface area (Å²) in [6.45, 7) is 6.85. The van der Waals surface area contributed by atoms with E-state index < -0.39 is 5.41 Å². The second-order valence-corrected chi connectivity index (χ2v) is 8.53. The largest absolute Gasteiger partial charge is 0.415 e. The quantitative estimate of drug-likeness (QED) is 0.423. The molecule has 1 aromatic carbocycles. The summed E-state index contributed by atoms with van der Waals surface area (Å²) in [5, 5.41) is 17.9. The molecule has 0 radical (unpaired) electrons. The Labute approximate surface area is 202 Å². The zero-order valence-electron chi connectivity index (χ0n) is 19.6. The van der Waals surface area contributed by atoms with E-state index in [4.69, 9.17) is 15.1 Å². The number of pyridine rings is 1. The molecular formula is C25H32N8O. The number of anilines is 1. The molecule has 0 aliphatic rings. The first-order valence-corrected chi connectivity index (χ1v) is 10.9. The van der Waals surface area contributed by atoms with Crippen molar-refractivity contribution < 1.29 is 8.70 Å². The molecule has 0 fully saturated rings. The Kier molecular flexibility index (Phi) is 6.34. The van der Waals surface area contributed by atoms with Crippen molar-refractivity contribution >= 4 is 5.69 Å². The Morgan fingerprint density at radius 2 is 1.82 bits per heavy atom. The minimum absolute atomic E-state index is 0. The molecule has 2 N–H and O–H groups in total. The predicted molar refractivity (Wildman–Crippen MR) is 136 cm³/mol. The highest BCUT2D eigenvalue weighted by Gasteiger charge is 2.22. The lowest BCUT2D eigenvalue weighted by Gasteiger charge is -2.18. The van der Waals surface area contributed by atoms with Crippen LogP contribution in [0.3, 0.4) is 0 Å². The molecule has 0 aliphatic heterocycles. The molecule has 9 heteroatoms. The Morgan fingerprint density at radius 3 is 2.53 bits per heavy atom. The van der Waals surface area contributed by atoms with E-state index in [0.717, 1.165) is 23.4 Å². The van der Waals surface area contributed by atoms with Gasteiger partial charge in [0.1, 0.15) is 5.69 Å². The van der Waals surface area contributed by atoms with Crippen molar-refractivity contribution in [1.82, 2.24) is 25.1 Å². The van der Waals surface area contributed by atoms with Crippen molar-refractivity contribution in [1.29, 1.82) is 5.26 Å². The molecule has 0 amide bonds. The third-order valence-corrected chi connectivity index (χ3v) is 5.58. The average Bonchev–Trinajstić information content (AvgIpc) is 3.35. The zero-order chi connectivity index (χ0) is 24.3. The van der Waals surface area contributed by atoms with Gasteiger partial charge < -0.3 is 15.1 Å². The number of nitriles is 1. The molecule has 0 saturated heterocycles. The number of aryl methyl sites for hydroxylation is 1. The highest BCUT2D eigenvalue weighted by molar-refractivity contribution is 5.64. The highest BCUT2D eigenvalue weighted by Crippen LogP contribution is 2.29. The molecule has 178 valence electrons. The van der Waals surface area contributed by atoms with Crippen LogP contribution in [-0.4, -0.2) is 45.3 Å². The number of benzene rings is 1. The van der Waals surface area contributed by atoms with E-state index in [0.29, 0.717) is 35.2 Å². The molecular weight excluding hydrogens is 428 g/mol. The summed E-state index contributed by atoms with van der Waals surface area (Å²) >= 11 is 0. The summed E-state index contributed by atoms with van der Waals surface area (Å²) in [6, 6.07) is 13.8. The van der Waals surface area contributed by atoms with Gasteiger partial charge in [-0.3, -0.25) is 9.97 Å². The lowest BCUT2D eigenvalue weighted by molar-refractivity contribution is 0.581. The minimum Gasteiger partial charge on any atom is -0.415 e. The first-order valence-electron chi connectivity index (χ1n) is 10.9. The fourth-order valence-corrected chi connectivity index (χ4v) is 3.40. The first kappa shape index (κ1) is 23.0. The van der Waals surface area contributed by atoms with Gasteiger partial charge in [0.05, 0.1) is 34.8 Å². The van der Waals surface area contributed by atoms with Crippen LogP contribution in [-0.2, 0) is 5.41 Å². The standard InChI is InChI=1S/C25H26N8O.3H2/c1-16-22(30-20(14-29-16)18-9-11-28-21(13-18)25(2,3)15-27)24-32-31-23(34-24)17-5-7-19(8-6-17)33(4)12-10-26;;;/h5-9,11,13-14H,10,12,26H2,1-4H3;3*1H. The van der Waals surface area contributed by atoms with Gasteiger partial charge in [0.2, 0.25) is 5.89 Å². The number of hydrogen-bond acceptors (Lipinski definition) is 9. The summed E-state index contributed by atoms with van der Waals surface area (Å²) in [5.74, 6) is 0.689. The number of hydrogen-bond donors (Lipinski definition) is 1. The smallest absolute Gasteiger partial charge is 0.268 e. The van der Waals surface area contributed by atoms with Gasteiger partial charge in [0.15, 0.2) is 0 Å². The lowest BCUT2D eigenvalue weighted by Crippen LogP contribution is -2.24. The molecule has 0 spiro atoms. The van der Waals surface area contributed by atoms with E-state index >= 15 is 0 Å². The van der Waals surface area contributed by atoms with Gasteiger partial charge in [-0.15, -0.1) is 10.2 Å². The molecule has 9 nitrogen and oxygen atoms in total. The monoisotopic (exact) mass is 460 g/mol. The Balaban J connectivity index is 0.00000228. The average molecular weight is 461 g/mol. The van der Waals surface area contributed by atoms with Crippen molar-refractivity contribution in [2.75, 3.05) is 25.0 Å². The summed E-state index contributed by atoms with van der Waals surface area (Å²) < 4.78 is 5.96. The molecule has 0 atom stereocenters. The molecule has 4 rings (SSSR count). The maximum absolute atomic E-state index is 9.45. The molecule has 3 aromatic heterocycles. The molecule has 0 unspecified atom stereocenters. The normalized spacial score (nSPS) is 11.3. The Bertz CT molecular complexity index is 1350. The van der Waals surface area contributed by atoms with Crippen LogP contribution in [0.4, 0.5) is 5.69 Å². The second kappa shape index (κ2) is 9.37. The maximum Gasteiger partial charge on any atom is 0.268 e. The SMILES string of the molecule is Cc1ncc(-c2ccnc(C(C)(C)C#N)c2)nc1-c1nnc(-c2ccc(N(C)CCN)cc2)o1.[HH].[HH].[HH]. The van der Waals surface area contributed by atoms with Crippen LogP contribution in [0.2, 0.25) is 0 Å². The van der Waals surface area contributed by atoms with Gasteiger partial charge in [-0.2, -0.15) is 5.26 Å². The molecule has 4 aromatic rings. The van der Waals surface area contributed by atoms with Crippen LogP contribution < -0.4 is 10.6 Å². The molecule has 34 heavy (non-hydrogen) atoms. The Morgan fingerprint density at radius 1 is 1.09 bits per heavy atom. The van der Waals surface area contributed by atoms with Gasteiger partial charge in [-0.05, 0) is 57.2 Å². The number of nitrogens with zero attached hydrogens (tertiary/aromatic N) is 7. The third kappa shape index (κ3) is 4.63. The van der Waals surface area contributed by atoms with E-state index in [1.165, 1.54) is 0 Å². The summed E-state index contributed by atoms with van der Waals surface area (Å²) in [4.78, 5) is 15.6. The topological polar surface area (TPSA) is 131 Å². The third-order valence-electron chi connectivity index (χ3n) is 5.58. The lowest BCUT2D eigenvalue weighted by atomic mass is 9.90. The number of nitrogens with two attached hydrogens (primary N) is 1. The molecule has 3 heterocycles. The van der Waals surface area contributed by atoms with Gasteiger partial charge >= 0.3 is 0 Å². The van der Waals surface area contributed by atoms with E-state index in [1.54, 1.807) is 12.4 Å². The number of aromatic nitrogens is 5. The molecule has 0 aliphatic carbocycles. The fraction of sp³-hybridized carbons (Fsp3) is 0.280. The maximum atomic E-state index is 9.45. The van der Waals surface area contributed by atoms with E-state index in [-0.39, 0.29) is 10.2 Å². The van der Waals surface area contributed by atoms with E-state index in [1.807, 2.05) is 64.2 Å². The summed E-state index contributed by atoms with van der Waals surface area (Å²) in [5.41, 5.74) is 10.1. The van der Waals surface area contributed by atoms with Crippen LogP contribution >= 0.6 is 0 Å². The zero-order valence-corrected chi connectivity index (χ0v) is 19.6. The van der Waals surface area contributed by atoms with Gasteiger partial charge in [-0.25, -0.2) is 4.98 Å². The van der Waals surface area contributed by atoms with Crippen molar-refractivity contribution in [3.05, 3.63) is 60.2 Å². The van der Waals surface area contributed by atoms with Crippen molar-refractivity contribution in [3.63, 3.8) is 0 Å². The van der Waals surface area contributed by atoms with Crippen molar-refractivity contribution in [2.45, 2.75) is 26.2 Å². The van der Waals surface area contributed by atoms with Gasteiger partial charge in [0, 0.05) is 47.4 Å². The van der Waals surface area contributed by atoms with Crippen LogP contribution in [0.1, 0.15) is 29.5 Å². The number of rotatable bonds is 7. The van der Waals surface area contributed by atoms with Crippen LogP contribution in [0.25, 0.3) is 34.3 Å². The predicted octanol–water partition coefficient (Wildman–Crippen LogP) is 4.50. The van der Waals surface area contributed by atoms with Gasteiger partial charge in [0.25, 0.3) is 5.89 Å². The highest BCUT2D eigenvalue weighted by atomic mass is 16.4. The minimum atomic E-state index is -0.715. The molecule has 0 bridgehead atoms. The Hall–Kier alpha value is -4.16. The first-order chi connectivity index (χ1) is 16.3. The fourth-order valence-electron chi connectivity index (χ4n) is 3.40. The summed E-state index contributed by atoms with van der Waals surface area (Å²) in [7, 11) is 1.99. The molecule has 0 saturated carbocycles. The van der Waals surface area contributed by atoms with Gasteiger partial charge in [-0.1, -0.05) is 0 Å².